The number of carbonyl (C=O) groups is 1. The van der Waals surface area contributed by atoms with Gasteiger partial charge in [0.25, 0.3) is 0 Å². The molecule has 3 rings (SSSR count). The van der Waals surface area contributed by atoms with Crippen LogP contribution >= 0.6 is 12.4 Å². The Morgan fingerprint density at radius 2 is 2.04 bits per heavy atom. The maximum atomic E-state index is 12.5. The van der Waals surface area contributed by atoms with Gasteiger partial charge >= 0.3 is 0 Å². The topological polar surface area (TPSA) is 73.6 Å². The normalized spacial score (nSPS) is 26.3. The molecule has 1 fully saturated rings. The van der Waals surface area contributed by atoms with Gasteiger partial charge in [0.05, 0.1) is 13.0 Å². The van der Waals surface area contributed by atoms with E-state index in [1.54, 1.807) is 7.11 Å². The van der Waals surface area contributed by atoms with Gasteiger partial charge < -0.3 is 20.5 Å². The summed E-state index contributed by atoms with van der Waals surface area (Å²) in [5.74, 6) is 1.61. The minimum Gasteiger partial charge on any atom is -0.497 e. The van der Waals surface area contributed by atoms with E-state index in [0.717, 1.165) is 42.7 Å². The Hall–Kier alpha value is -1.46. The Kier molecular flexibility index (Phi) is 6.13. The van der Waals surface area contributed by atoms with Gasteiger partial charge in [-0.1, -0.05) is 0 Å². The van der Waals surface area contributed by atoms with E-state index < -0.39 is 0 Å². The molecular formula is C17H25ClN2O3. The van der Waals surface area contributed by atoms with Crippen LogP contribution in [0.2, 0.25) is 0 Å². The van der Waals surface area contributed by atoms with Gasteiger partial charge in [-0.25, -0.2) is 0 Å². The molecule has 0 saturated heterocycles. The molecule has 1 aliphatic carbocycles. The number of fused-ring (bicyclic) bond motifs is 1. The Morgan fingerprint density at radius 3 is 2.74 bits per heavy atom. The molecule has 1 heterocycles. The fraction of sp³-hybridized carbons (Fsp3) is 0.588. The summed E-state index contributed by atoms with van der Waals surface area (Å²) in [7, 11) is 1.64. The zero-order chi connectivity index (χ0) is 15.5. The third kappa shape index (κ3) is 4.30. The zero-order valence-electron chi connectivity index (χ0n) is 13.4. The molecule has 2 aliphatic rings. The lowest BCUT2D eigenvalue weighted by Gasteiger charge is -2.30. The second-order valence-corrected chi connectivity index (χ2v) is 6.31. The van der Waals surface area contributed by atoms with Gasteiger partial charge in [0, 0.05) is 12.1 Å². The van der Waals surface area contributed by atoms with Crippen LogP contribution in [-0.4, -0.2) is 31.7 Å². The van der Waals surface area contributed by atoms with Crippen LogP contribution in [0.5, 0.6) is 11.5 Å². The van der Waals surface area contributed by atoms with Gasteiger partial charge in [-0.15, -0.1) is 12.4 Å². The minimum atomic E-state index is -0.129. The van der Waals surface area contributed by atoms with Crippen LogP contribution in [0.4, 0.5) is 0 Å². The molecule has 1 amide bonds. The van der Waals surface area contributed by atoms with Crippen LogP contribution < -0.4 is 20.5 Å². The number of amides is 1. The third-order valence-corrected chi connectivity index (χ3v) is 4.66. The summed E-state index contributed by atoms with van der Waals surface area (Å²) >= 11 is 0. The molecule has 0 radical (unpaired) electrons. The molecule has 0 aromatic heterocycles. The van der Waals surface area contributed by atoms with E-state index in [-0.39, 0.29) is 30.3 Å². The molecule has 128 valence electrons. The first-order valence-electron chi connectivity index (χ1n) is 8.01. The number of ether oxygens (including phenoxy) is 2. The SMILES string of the molecule is COc1ccc2c(c1)CC(C(=O)NC1CCC(N)CC1)CO2.Cl. The number of methoxy groups -OCH3 is 1. The van der Waals surface area contributed by atoms with Gasteiger partial charge in [-0.05, 0) is 55.9 Å². The van der Waals surface area contributed by atoms with Crippen molar-refractivity contribution in [3.8, 4) is 11.5 Å². The fourth-order valence-corrected chi connectivity index (χ4v) is 3.25. The molecule has 3 N–H and O–H groups in total. The first-order valence-corrected chi connectivity index (χ1v) is 8.01. The Labute approximate surface area is 143 Å². The molecule has 23 heavy (non-hydrogen) atoms. The summed E-state index contributed by atoms with van der Waals surface area (Å²) < 4.78 is 11.0. The maximum absolute atomic E-state index is 12.5. The minimum absolute atomic E-state index is 0. The van der Waals surface area contributed by atoms with Crippen molar-refractivity contribution in [2.45, 2.75) is 44.2 Å². The zero-order valence-corrected chi connectivity index (χ0v) is 14.2. The largest absolute Gasteiger partial charge is 0.497 e. The second kappa shape index (κ2) is 7.88. The van der Waals surface area contributed by atoms with Gasteiger partial charge in [-0.2, -0.15) is 0 Å². The number of nitrogens with two attached hydrogens (primary N) is 1. The highest BCUT2D eigenvalue weighted by Crippen LogP contribution is 2.31. The van der Waals surface area contributed by atoms with Crippen LogP contribution in [0.1, 0.15) is 31.2 Å². The van der Waals surface area contributed by atoms with Crippen molar-refractivity contribution >= 4 is 18.3 Å². The lowest BCUT2D eigenvalue weighted by molar-refractivity contribution is -0.127. The molecule has 5 nitrogen and oxygen atoms in total. The Bertz CT molecular complexity index is 545. The summed E-state index contributed by atoms with van der Waals surface area (Å²) in [6, 6.07) is 6.30. The molecule has 1 aliphatic heterocycles. The number of carbonyl (C=O) groups excluding carboxylic acids is 1. The molecule has 6 heteroatoms. The molecule has 0 bridgehead atoms. The van der Waals surface area contributed by atoms with Gasteiger partial charge in [0.2, 0.25) is 5.91 Å². The van der Waals surface area contributed by atoms with E-state index in [1.807, 2.05) is 18.2 Å². The van der Waals surface area contributed by atoms with Crippen LogP contribution in [0, 0.1) is 5.92 Å². The van der Waals surface area contributed by atoms with Gasteiger partial charge in [0.1, 0.15) is 18.1 Å². The van der Waals surface area contributed by atoms with E-state index in [0.29, 0.717) is 19.1 Å². The van der Waals surface area contributed by atoms with Crippen LogP contribution in [0.3, 0.4) is 0 Å². The molecule has 1 saturated carbocycles. The molecule has 1 aromatic carbocycles. The van der Waals surface area contributed by atoms with E-state index in [9.17, 15) is 4.79 Å². The molecule has 0 spiro atoms. The Balaban J connectivity index is 0.00000192. The van der Waals surface area contributed by atoms with Crippen LogP contribution in [0.25, 0.3) is 0 Å². The average molecular weight is 341 g/mol. The summed E-state index contributed by atoms with van der Waals surface area (Å²) in [6.07, 6.45) is 4.64. The highest BCUT2D eigenvalue weighted by Gasteiger charge is 2.28. The smallest absolute Gasteiger partial charge is 0.227 e. The van der Waals surface area contributed by atoms with Crippen molar-refractivity contribution < 1.29 is 14.3 Å². The highest BCUT2D eigenvalue weighted by molar-refractivity contribution is 5.85. The van der Waals surface area contributed by atoms with Gasteiger partial charge in [-0.3, -0.25) is 4.79 Å². The number of benzene rings is 1. The predicted octanol–water partition coefficient (Wildman–Crippen LogP) is 2.05. The quantitative estimate of drug-likeness (QED) is 0.883. The Morgan fingerprint density at radius 1 is 1.30 bits per heavy atom. The van der Waals surface area contributed by atoms with E-state index in [1.165, 1.54) is 0 Å². The monoisotopic (exact) mass is 340 g/mol. The number of hydrogen-bond acceptors (Lipinski definition) is 4. The van der Waals surface area contributed by atoms with E-state index in [2.05, 4.69) is 5.32 Å². The van der Waals surface area contributed by atoms with E-state index in [4.69, 9.17) is 15.2 Å². The van der Waals surface area contributed by atoms with E-state index >= 15 is 0 Å². The van der Waals surface area contributed by atoms with Crippen LogP contribution in [0.15, 0.2) is 18.2 Å². The van der Waals surface area contributed by atoms with Crippen LogP contribution in [-0.2, 0) is 11.2 Å². The van der Waals surface area contributed by atoms with Crippen molar-refractivity contribution in [3.05, 3.63) is 23.8 Å². The molecule has 1 aromatic rings. The van der Waals surface area contributed by atoms with Crippen molar-refractivity contribution in [2.24, 2.45) is 11.7 Å². The first-order chi connectivity index (χ1) is 10.7. The molecule has 1 atom stereocenters. The predicted molar refractivity (Wildman–Crippen MR) is 91.3 cm³/mol. The average Bonchev–Trinajstić information content (AvgIpc) is 2.55. The lowest BCUT2D eigenvalue weighted by atomic mass is 9.90. The summed E-state index contributed by atoms with van der Waals surface area (Å²) in [5.41, 5.74) is 6.94. The number of nitrogens with one attached hydrogen (secondary N) is 1. The standard InChI is InChI=1S/C17H24N2O3.ClH/c1-21-15-6-7-16-11(9-15)8-12(10-22-16)17(20)19-14-4-2-13(18)3-5-14;/h6-7,9,12-14H,2-5,8,10,18H2,1H3,(H,19,20);1H. The van der Waals surface area contributed by atoms with Crippen molar-refractivity contribution in [2.75, 3.05) is 13.7 Å². The summed E-state index contributed by atoms with van der Waals surface area (Å²) in [4.78, 5) is 12.5. The third-order valence-electron chi connectivity index (χ3n) is 4.66. The van der Waals surface area contributed by atoms with Crippen molar-refractivity contribution in [1.82, 2.24) is 5.32 Å². The second-order valence-electron chi connectivity index (χ2n) is 6.31. The highest BCUT2D eigenvalue weighted by atomic mass is 35.5. The number of rotatable bonds is 3. The number of hydrogen-bond donors (Lipinski definition) is 2. The fourth-order valence-electron chi connectivity index (χ4n) is 3.25. The summed E-state index contributed by atoms with van der Waals surface area (Å²) in [6.45, 7) is 0.442. The number of halogens is 1. The molecule has 1 unspecified atom stereocenters. The molecular weight excluding hydrogens is 316 g/mol. The van der Waals surface area contributed by atoms with Crippen molar-refractivity contribution in [1.29, 1.82) is 0 Å². The van der Waals surface area contributed by atoms with Crippen molar-refractivity contribution in [3.63, 3.8) is 0 Å². The maximum Gasteiger partial charge on any atom is 0.227 e. The lowest BCUT2D eigenvalue weighted by Crippen LogP contribution is -2.45. The van der Waals surface area contributed by atoms with Gasteiger partial charge in [0.15, 0.2) is 0 Å². The first kappa shape index (κ1) is 17.9. The summed E-state index contributed by atoms with van der Waals surface area (Å²) in [5, 5.41) is 3.16.